The van der Waals surface area contributed by atoms with Gasteiger partial charge in [-0.15, -0.1) is 0 Å². The zero-order valence-corrected chi connectivity index (χ0v) is 25.8. The van der Waals surface area contributed by atoms with Gasteiger partial charge in [0.1, 0.15) is 5.82 Å². The van der Waals surface area contributed by atoms with Crippen LogP contribution in [-0.4, -0.2) is 25.0 Å². The molecule has 0 spiro atoms. The largest absolute Gasteiger partial charge is 0.327 e. The van der Waals surface area contributed by atoms with Crippen LogP contribution in [0.15, 0.2) is 143 Å². The van der Waals surface area contributed by atoms with E-state index < -0.39 is 0 Å². The summed E-state index contributed by atoms with van der Waals surface area (Å²) in [5.74, 6) is 0.594. The highest BCUT2D eigenvalue weighted by atomic mass is 16.1. The second-order valence-corrected chi connectivity index (χ2v) is 11.9. The number of fused-ring (bicyclic) bond motifs is 5. The Hall–Kier alpha value is -6.60. The Balaban J connectivity index is 1.51. The van der Waals surface area contributed by atoms with E-state index >= 15 is 0 Å². The number of rotatable bonds is 4. The van der Waals surface area contributed by atoms with E-state index in [-0.39, 0.29) is 10.9 Å². The van der Waals surface area contributed by atoms with Gasteiger partial charge in [0.05, 0.1) is 55.6 Å². The Labute approximate surface area is 273 Å². The third-order valence-electron chi connectivity index (χ3n) is 9.37. The molecule has 0 atom stereocenters. The molecule has 0 saturated heterocycles. The SMILES string of the molecule is Cn1c(-c2c(-n3c4ccccc4c(=O)c4ccccc43)ccc(-n3c4ccccc4c(=O)c4ccccc43)c2C=O)nc2ccccc21. The fourth-order valence-corrected chi connectivity index (χ4v) is 7.21. The highest BCUT2D eigenvalue weighted by molar-refractivity contribution is 6.03. The second-order valence-electron chi connectivity index (χ2n) is 11.9. The lowest BCUT2D eigenvalue weighted by Crippen LogP contribution is -2.15. The summed E-state index contributed by atoms with van der Waals surface area (Å²) >= 11 is 0. The van der Waals surface area contributed by atoms with Crippen molar-refractivity contribution in [2.24, 2.45) is 7.05 Å². The number of hydrogen-bond acceptors (Lipinski definition) is 4. The van der Waals surface area contributed by atoms with Crippen LogP contribution in [0.5, 0.6) is 0 Å². The van der Waals surface area contributed by atoms with Crippen LogP contribution in [0.4, 0.5) is 0 Å². The highest BCUT2D eigenvalue weighted by Gasteiger charge is 2.25. The van der Waals surface area contributed by atoms with Crippen molar-refractivity contribution in [3.05, 3.63) is 159 Å². The van der Waals surface area contributed by atoms with Crippen LogP contribution in [-0.2, 0) is 7.05 Å². The molecular formula is C41H26N4O3. The van der Waals surface area contributed by atoms with Gasteiger partial charge in [0.15, 0.2) is 17.1 Å². The van der Waals surface area contributed by atoms with Crippen LogP contribution in [0, 0.1) is 0 Å². The van der Waals surface area contributed by atoms with Crippen LogP contribution in [0.1, 0.15) is 10.4 Å². The van der Waals surface area contributed by atoms with Crippen LogP contribution in [0.3, 0.4) is 0 Å². The first-order chi connectivity index (χ1) is 23.6. The zero-order valence-electron chi connectivity index (χ0n) is 25.8. The fraction of sp³-hybridized carbons (Fsp3) is 0.0244. The van der Waals surface area contributed by atoms with Crippen LogP contribution < -0.4 is 10.9 Å². The summed E-state index contributed by atoms with van der Waals surface area (Å²) in [5.41, 5.74) is 6.69. The van der Waals surface area contributed by atoms with Gasteiger partial charge in [-0.1, -0.05) is 60.7 Å². The Morgan fingerprint density at radius 1 is 0.500 bits per heavy atom. The van der Waals surface area contributed by atoms with Gasteiger partial charge in [0.25, 0.3) is 0 Å². The van der Waals surface area contributed by atoms with Gasteiger partial charge in [-0.2, -0.15) is 0 Å². The lowest BCUT2D eigenvalue weighted by atomic mass is 9.99. The third kappa shape index (κ3) is 3.82. The molecule has 0 aliphatic rings. The molecule has 0 saturated carbocycles. The fourth-order valence-electron chi connectivity index (χ4n) is 7.21. The average molecular weight is 623 g/mol. The second kappa shape index (κ2) is 10.5. The van der Waals surface area contributed by atoms with E-state index in [0.29, 0.717) is 71.9 Å². The van der Waals surface area contributed by atoms with Crippen LogP contribution >= 0.6 is 0 Å². The Morgan fingerprint density at radius 3 is 1.35 bits per heavy atom. The summed E-state index contributed by atoms with van der Waals surface area (Å²) in [6.07, 6.45) is 0.877. The normalized spacial score (nSPS) is 11.7. The molecule has 0 aliphatic carbocycles. The molecule has 9 aromatic rings. The quantitative estimate of drug-likeness (QED) is 0.147. The number of para-hydroxylation sites is 6. The van der Waals surface area contributed by atoms with Crippen LogP contribution in [0.25, 0.3) is 77.4 Å². The predicted octanol–water partition coefficient (Wildman–Crippen LogP) is 7.97. The number of aromatic nitrogens is 4. The van der Waals surface area contributed by atoms with Crippen molar-refractivity contribution in [1.29, 1.82) is 0 Å². The van der Waals surface area contributed by atoms with E-state index in [2.05, 4.69) is 4.57 Å². The Bertz CT molecular complexity index is 2810. The van der Waals surface area contributed by atoms with E-state index in [1.54, 1.807) is 0 Å². The number of imidazole rings is 1. The number of benzene rings is 6. The molecule has 9 rings (SSSR count). The number of aldehydes is 1. The van der Waals surface area contributed by atoms with E-state index in [4.69, 9.17) is 4.98 Å². The molecular weight excluding hydrogens is 596 g/mol. The maximum atomic E-state index is 13.7. The molecule has 0 aliphatic heterocycles. The van der Waals surface area contributed by atoms with Gasteiger partial charge >= 0.3 is 0 Å². The molecule has 0 N–H and O–H groups in total. The summed E-state index contributed by atoms with van der Waals surface area (Å²) < 4.78 is 6.05. The van der Waals surface area contributed by atoms with Crippen molar-refractivity contribution in [3.8, 4) is 22.8 Å². The van der Waals surface area contributed by atoms with Gasteiger partial charge in [0.2, 0.25) is 0 Å². The van der Waals surface area contributed by atoms with Crippen molar-refractivity contribution >= 4 is 60.9 Å². The monoisotopic (exact) mass is 622 g/mol. The average Bonchev–Trinajstić information content (AvgIpc) is 3.47. The first kappa shape index (κ1) is 27.7. The minimum atomic E-state index is -0.0662. The summed E-state index contributed by atoms with van der Waals surface area (Å²) in [6.45, 7) is 0. The van der Waals surface area contributed by atoms with E-state index in [1.807, 2.05) is 150 Å². The van der Waals surface area contributed by atoms with E-state index in [0.717, 1.165) is 17.3 Å². The Kier molecular flexibility index (Phi) is 6.04. The van der Waals surface area contributed by atoms with Gasteiger partial charge < -0.3 is 13.7 Å². The minimum absolute atomic E-state index is 0.0554. The van der Waals surface area contributed by atoms with Crippen molar-refractivity contribution in [2.45, 2.75) is 0 Å². The standard InChI is InChI=1S/C41H26N4O3/c1-43-36-21-11-6-16-30(36)42-41(43)38-29(24-46)35(44-31-17-7-2-12-25(31)39(47)26-13-3-8-18-32(26)44)22-23-37(38)45-33-19-9-4-14-27(33)40(48)28-15-5-10-20-34(28)45/h2-24H,1H3. The van der Waals surface area contributed by atoms with Crippen molar-refractivity contribution in [2.75, 3.05) is 0 Å². The summed E-state index contributed by atoms with van der Waals surface area (Å²) in [6, 6.07) is 41.8. The number of aryl methyl sites for hydroxylation is 1. The highest BCUT2D eigenvalue weighted by Crippen LogP contribution is 2.38. The molecule has 0 radical (unpaired) electrons. The van der Waals surface area contributed by atoms with E-state index in [9.17, 15) is 14.4 Å². The topological polar surface area (TPSA) is 78.9 Å². The summed E-state index contributed by atoms with van der Waals surface area (Å²) in [5, 5.41) is 2.25. The minimum Gasteiger partial charge on any atom is -0.327 e. The smallest absolute Gasteiger partial charge is 0.197 e. The molecule has 0 amide bonds. The lowest BCUT2D eigenvalue weighted by Gasteiger charge is -2.23. The molecule has 6 aromatic carbocycles. The van der Waals surface area contributed by atoms with Crippen molar-refractivity contribution in [1.82, 2.24) is 18.7 Å². The first-order valence-corrected chi connectivity index (χ1v) is 15.7. The molecule has 0 bridgehead atoms. The van der Waals surface area contributed by atoms with Crippen molar-refractivity contribution < 1.29 is 4.79 Å². The summed E-state index contributed by atoms with van der Waals surface area (Å²) in [7, 11) is 1.95. The molecule has 0 unspecified atom stereocenters. The third-order valence-corrected chi connectivity index (χ3v) is 9.37. The van der Waals surface area contributed by atoms with Gasteiger partial charge in [-0.25, -0.2) is 4.98 Å². The zero-order chi connectivity index (χ0) is 32.5. The molecule has 0 fully saturated rings. The molecule has 228 valence electrons. The van der Waals surface area contributed by atoms with Gasteiger partial charge in [-0.05, 0) is 72.8 Å². The number of carbonyl (C=O) groups is 1. The molecule has 3 aromatic heterocycles. The number of nitrogens with zero attached hydrogens (tertiary/aromatic N) is 4. The first-order valence-electron chi connectivity index (χ1n) is 15.7. The Morgan fingerprint density at radius 2 is 0.896 bits per heavy atom. The van der Waals surface area contributed by atoms with Crippen molar-refractivity contribution in [3.63, 3.8) is 0 Å². The molecule has 7 heteroatoms. The maximum Gasteiger partial charge on any atom is 0.197 e. The number of hydrogen-bond donors (Lipinski definition) is 0. The van der Waals surface area contributed by atoms with E-state index in [1.165, 1.54) is 0 Å². The number of pyridine rings is 2. The summed E-state index contributed by atoms with van der Waals surface area (Å²) in [4.78, 5) is 46.1. The van der Waals surface area contributed by atoms with Gasteiger partial charge in [0, 0.05) is 28.6 Å². The number of carbonyl (C=O) groups excluding carboxylic acids is 1. The lowest BCUT2D eigenvalue weighted by molar-refractivity contribution is 0.112. The molecule has 7 nitrogen and oxygen atoms in total. The van der Waals surface area contributed by atoms with Gasteiger partial charge in [-0.3, -0.25) is 14.4 Å². The molecule has 3 heterocycles. The van der Waals surface area contributed by atoms with Crippen LogP contribution in [0.2, 0.25) is 0 Å². The molecule has 48 heavy (non-hydrogen) atoms. The maximum absolute atomic E-state index is 13.7. The predicted molar refractivity (Wildman–Crippen MR) is 193 cm³/mol.